The summed E-state index contributed by atoms with van der Waals surface area (Å²) in [5, 5.41) is 0. The molecule has 0 saturated heterocycles. The number of hydrogen-bond donors (Lipinski definition) is 0. The fourth-order valence-electron chi connectivity index (χ4n) is 8.27. The van der Waals surface area contributed by atoms with E-state index in [1.807, 2.05) is 0 Å². The average Bonchev–Trinajstić information content (AvgIpc) is 2.97. The van der Waals surface area contributed by atoms with Crippen LogP contribution in [0.3, 0.4) is 0 Å². The topological polar surface area (TPSA) is 19.4 Å². The van der Waals surface area contributed by atoms with Crippen LogP contribution in [0.15, 0.2) is 69.6 Å². The Labute approximate surface area is 256 Å². The molecule has 0 radical (unpaired) electrons. The molecular weight excluding hydrogens is 640 g/mol. The van der Waals surface area contributed by atoms with E-state index < -0.39 is 0 Å². The van der Waals surface area contributed by atoms with Gasteiger partial charge in [0.1, 0.15) is 0 Å². The van der Waals surface area contributed by atoms with Gasteiger partial charge >= 0.3 is 0 Å². The molecule has 6 nitrogen and oxygen atoms in total. The Morgan fingerprint density at radius 2 is 0.659 bits per heavy atom. The number of rotatable bonds is 0. The lowest BCUT2D eigenvalue weighted by molar-refractivity contribution is 0.608. The first-order valence-electron chi connectivity index (χ1n) is 14.4. The van der Waals surface area contributed by atoms with E-state index in [4.69, 9.17) is 0 Å². The molecule has 6 aliphatic heterocycles. The second kappa shape index (κ2) is 8.13. The van der Waals surface area contributed by atoms with Gasteiger partial charge in [-0.15, -0.1) is 0 Å². The SMILES string of the molecule is Brc1ccc2c(c1)CN1CN2Cc2c1ccc1c2CN2CN1Cc1c2ccc2c1CN1CN2Cc2cc(Br)ccc21. The average molecular weight is 668 g/mol. The first-order valence-corrected chi connectivity index (χ1v) is 16.0. The normalized spacial score (nSPS) is 18.8. The van der Waals surface area contributed by atoms with Crippen LogP contribution in [0.5, 0.6) is 0 Å². The van der Waals surface area contributed by atoms with Crippen molar-refractivity contribution in [2.24, 2.45) is 0 Å². The van der Waals surface area contributed by atoms with Gasteiger partial charge in [-0.25, -0.2) is 0 Å². The molecule has 4 aromatic carbocycles. The van der Waals surface area contributed by atoms with Crippen molar-refractivity contribution in [3.63, 3.8) is 0 Å². The molecule has 0 aromatic heterocycles. The highest BCUT2D eigenvalue weighted by atomic mass is 79.9. The van der Waals surface area contributed by atoms with Crippen LogP contribution in [0.1, 0.15) is 33.4 Å². The van der Waals surface area contributed by atoms with E-state index in [1.165, 1.54) is 67.5 Å². The summed E-state index contributed by atoms with van der Waals surface area (Å²) in [6.07, 6.45) is 0. The quantitative estimate of drug-likeness (QED) is 0.198. The number of fused-ring (bicyclic) bond motifs is 20. The van der Waals surface area contributed by atoms with E-state index >= 15 is 0 Å². The van der Waals surface area contributed by atoms with Crippen molar-refractivity contribution in [1.29, 1.82) is 0 Å². The van der Waals surface area contributed by atoms with E-state index in [0.717, 1.165) is 68.2 Å². The molecule has 0 amide bonds. The van der Waals surface area contributed by atoms with E-state index in [9.17, 15) is 0 Å². The lowest BCUT2D eigenvalue weighted by Crippen LogP contribution is -2.50. The lowest BCUT2D eigenvalue weighted by Gasteiger charge is -2.51. The number of anilines is 6. The van der Waals surface area contributed by atoms with Crippen LogP contribution < -0.4 is 29.4 Å². The largest absolute Gasteiger partial charge is 0.349 e. The molecule has 0 fully saturated rings. The van der Waals surface area contributed by atoms with Gasteiger partial charge in [-0.3, -0.25) is 0 Å². The Bertz CT molecular complexity index is 1690. The monoisotopic (exact) mass is 666 g/mol. The van der Waals surface area contributed by atoms with E-state index in [2.05, 4.69) is 122 Å². The molecule has 8 heteroatoms. The van der Waals surface area contributed by atoms with Crippen LogP contribution in [0.4, 0.5) is 34.1 Å². The van der Waals surface area contributed by atoms with Crippen molar-refractivity contribution in [3.05, 3.63) is 103 Å². The van der Waals surface area contributed by atoms with Gasteiger partial charge in [0.25, 0.3) is 0 Å². The van der Waals surface area contributed by atoms with Gasteiger partial charge in [0.2, 0.25) is 0 Å². The van der Waals surface area contributed by atoms with Gasteiger partial charge in [-0.2, -0.15) is 0 Å². The zero-order valence-electron chi connectivity index (χ0n) is 22.6. The molecule has 6 heterocycles. The fourth-order valence-corrected chi connectivity index (χ4v) is 9.08. The summed E-state index contributed by atoms with van der Waals surface area (Å²) in [5.74, 6) is 0. The van der Waals surface area contributed by atoms with Crippen LogP contribution in [0.2, 0.25) is 0 Å². The Kier molecular flexibility index (Phi) is 4.61. The summed E-state index contributed by atoms with van der Waals surface area (Å²) in [7, 11) is 0. The number of hydrogen-bond acceptors (Lipinski definition) is 6. The minimum absolute atomic E-state index is 0.964. The second-order valence-electron chi connectivity index (χ2n) is 12.3. The molecule has 0 N–H and O–H groups in total. The summed E-state index contributed by atoms with van der Waals surface area (Å²) >= 11 is 7.37. The molecule has 6 bridgehead atoms. The molecule has 0 atom stereocenters. The van der Waals surface area contributed by atoms with Crippen LogP contribution >= 0.6 is 31.9 Å². The van der Waals surface area contributed by atoms with Crippen molar-refractivity contribution >= 4 is 66.0 Å². The Balaban J connectivity index is 1.03. The first kappa shape index (κ1) is 23.2. The molecular formula is C33H28Br2N6. The third-order valence-electron chi connectivity index (χ3n) is 10.0. The molecule has 0 saturated carbocycles. The summed E-state index contributed by atoms with van der Waals surface area (Å²) in [6.45, 7) is 8.72. The number of halogens is 2. The smallest absolute Gasteiger partial charge is 0.0910 e. The van der Waals surface area contributed by atoms with Gasteiger partial charge < -0.3 is 29.4 Å². The van der Waals surface area contributed by atoms with Crippen molar-refractivity contribution < 1.29 is 0 Å². The van der Waals surface area contributed by atoms with E-state index in [0.29, 0.717) is 0 Å². The maximum Gasteiger partial charge on any atom is 0.0910 e. The van der Waals surface area contributed by atoms with Gasteiger partial charge in [-0.1, -0.05) is 31.9 Å². The molecule has 41 heavy (non-hydrogen) atoms. The summed E-state index contributed by atoms with van der Waals surface area (Å²) in [6, 6.07) is 23.1. The van der Waals surface area contributed by atoms with Gasteiger partial charge in [0.15, 0.2) is 0 Å². The van der Waals surface area contributed by atoms with E-state index in [1.54, 1.807) is 0 Å². The lowest BCUT2D eigenvalue weighted by atomic mass is 9.90. The second-order valence-corrected chi connectivity index (χ2v) is 14.1. The summed E-state index contributed by atoms with van der Waals surface area (Å²) in [4.78, 5) is 15.5. The van der Waals surface area contributed by atoms with Crippen molar-refractivity contribution in [2.75, 3.05) is 49.4 Å². The Morgan fingerprint density at radius 3 is 1.02 bits per heavy atom. The highest BCUT2D eigenvalue weighted by molar-refractivity contribution is 9.10. The molecule has 4 aromatic rings. The molecule has 0 spiro atoms. The zero-order chi connectivity index (χ0) is 27.0. The fraction of sp³-hybridized carbons (Fsp3) is 0.273. The van der Waals surface area contributed by atoms with Crippen LogP contribution in [-0.4, -0.2) is 20.0 Å². The third kappa shape index (κ3) is 3.23. The zero-order valence-corrected chi connectivity index (χ0v) is 25.7. The van der Waals surface area contributed by atoms with Crippen molar-refractivity contribution in [1.82, 2.24) is 0 Å². The van der Waals surface area contributed by atoms with Gasteiger partial charge in [0.05, 0.1) is 20.0 Å². The first-order chi connectivity index (χ1) is 20.1. The molecule has 6 aliphatic rings. The van der Waals surface area contributed by atoms with E-state index in [-0.39, 0.29) is 0 Å². The van der Waals surface area contributed by atoms with Crippen LogP contribution in [-0.2, 0) is 39.3 Å². The van der Waals surface area contributed by atoms with Crippen LogP contribution in [0, 0.1) is 0 Å². The van der Waals surface area contributed by atoms with Gasteiger partial charge in [-0.05, 0) is 71.8 Å². The predicted molar refractivity (Wildman–Crippen MR) is 173 cm³/mol. The molecule has 0 unspecified atom stereocenters. The van der Waals surface area contributed by atoms with Crippen LogP contribution in [0.25, 0.3) is 0 Å². The standard InChI is InChI=1S/C33H28Br2N6/c34-22-1-3-28-20(9-22)11-36-17-38(28)13-24-26-15-40-19-41(32(26)7-5-30(24)36)16-27-25-14-39-18-37(31(25)6-8-33(27)40)12-21-10-23(35)2-4-29(21)39/h1-10H,11-19H2. The van der Waals surface area contributed by atoms with Crippen molar-refractivity contribution in [2.45, 2.75) is 39.3 Å². The highest BCUT2D eigenvalue weighted by Crippen LogP contribution is 2.49. The molecule has 0 aliphatic carbocycles. The third-order valence-corrected chi connectivity index (χ3v) is 11.0. The Hall–Kier alpha value is -3.36. The Morgan fingerprint density at radius 1 is 0.366 bits per heavy atom. The highest BCUT2D eigenvalue weighted by Gasteiger charge is 2.39. The number of benzene rings is 4. The van der Waals surface area contributed by atoms with Gasteiger partial charge in [0, 0.05) is 105 Å². The minimum Gasteiger partial charge on any atom is -0.349 e. The number of nitrogens with zero attached hydrogens (tertiary/aromatic N) is 6. The minimum atomic E-state index is 0.964. The predicted octanol–water partition coefficient (Wildman–Crippen LogP) is 7.10. The molecule has 10 rings (SSSR count). The van der Waals surface area contributed by atoms with Crippen molar-refractivity contribution in [3.8, 4) is 0 Å². The summed E-state index contributed by atoms with van der Waals surface area (Å²) in [5.41, 5.74) is 17.3. The maximum absolute atomic E-state index is 3.68. The summed E-state index contributed by atoms with van der Waals surface area (Å²) < 4.78 is 2.32. The maximum atomic E-state index is 3.68. The molecule has 204 valence electrons.